The summed E-state index contributed by atoms with van der Waals surface area (Å²) < 4.78 is 5.16. The number of benzene rings is 2. The lowest BCUT2D eigenvalue weighted by atomic mass is 10.1. The first kappa shape index (κ1) is 20.0. The van der Waals surface area contributed by atoms with Gasteiger partial charge in [0, 0.05) is 23.0 Å². The van der Waals surface area contributed by atoms with Crippen molar-refractivity contribution in [3.05, 3.63) is 76.3 Å². The zero-order chi connectivity index (χ0) is 20.1. The van der Waals surface area contributed by atoms with E-state index in [0.29, 0.717) is 10.0 Å². The molecule has 1 amide bonds. The quantitative estimate of drug-likeness (QED) is 0.541. The van der Waals surface area contributed by atoms with E-state index in [-0.39, 0.29) is 24.2 Å². The molecule has 0 spiro atoms. The Morgan fingerprint density at radius 1 is 1.18 bits per heavy atom. The minimum Gasteiger partial charge on any atom is -0.451 e. The van der Waals surface area contributed by atoms with Gasteiger partial charge in [-0.05, 0) is 24.6 Å². The molecule has 144 valence electrons. The summed E-state index contributed by atoms with van der Waals surface area (Å²) in [6, 6.07) is 16.8. The van der Waals surface area contributed by atoms with Crippen molar-refractivity contribution < 1.29 is 14.3 Å². The number of carbonyl (C=O) groups excluding carboxylic acids is 2. The highest BCUT2D eigenvalue weighted by Gasteiger charge is 2.20. The van der Waals surface area contributed by atoms with E-state index in [1.54, 1.807) is 29.5 Å². The third-order valence-corrected chi connectivity index (χ3v) is 5.49. The van der Waals surface area contributed by atoms with Crippen LogP contribution in [0.4, 0.5) is 0 Å². The average molecular weight is 415 g/mol. The Kier molecular flexibility index (Phi) is 6.44. The molecule has 0 aliphatic carbocycles. The van der Waals surface area contributed by atoms with Gasteiger partial charge >= 0.3 is 5.97 Å². The summed E-state index contributed by atoms with van der Waals surface area (Å²) in [7, 11) is 1.69. The summed E-state index contributed by atoms with van der Waals surface area (Å²) in [5.74, 6) is -0.909. The number of hydrogen-bond acceptors (Lipinski definition) is 5. The van der Waals surface area contributed by atoms with E-state index in [0.717, 1.165) is 11.1 Å². The van der Waals surface area contributed by atoms with E-state index in [1.807, 2.05) is 49.4 Å². The van der Waals surface area contributed by atoms with Crippen LogP contribution in [0.2, 0.25) is 5.02 Å². The van der Waals surface area contributed by atoms with E-state index in [9.17, 15) is 9.59 Å². The van der Waals surface area contributed by atoms with Gasteiger partial charge < -0.3 is 9.64 Å². The molecule has 0 aliphatic rings. The number of hydrogen-bond donors (Lipinski definition) is 0. The number of likely N-dealkylation sites (N-methyl/N-ethyl adjacent to an activating group) is 1. The second-order valence-electron chi connectivity index (χ2n) is 6.22. The van der Waals surface area contributed by atoms with Gasteiger partial charge in [0.1, 0.15) is 5.01 Å². The SMILES string of the molecule is C[C@H](c1ccccc1)N(C)C(=O)COC(=O)c1csc(-c2cccc(Cl)c2)n1. The van der Waals surface area contributed by atoms with Gasteiger partial charge in [0.15, 0.2) is 12.3 Å². The Morgan fingerprint density at radius 3 is 2.64 bits per heavy atom. The summed E-state index contributed by atoms with van der Waals surface area (Å²) in [5.41, 5.74) is 2.01. The lowest BCUT2D eigenvalue weighted by Gasteiger charge is -2.25. The van der Waals surface area contributed by atoms with Gasteiger partial charge in [0.05, 0.1) is 6.04 Å². The second-order valence-corrected chi connectivity index (χ2v) is 7.51. The number of aromatic nitrogens is 1. The second kappa shape index (κ2) is 8.99. The minimum atomic E-state index is -0.626. The van der Waals surface area contributed by atoms with Crippen molar-refractivity contribution in [3.8, 4) is 10.6 Å². The van der Waals surface area contributed by atoms with Crippen molar-refractivity contribution in [2.45, 2.75) is 13.0 Å². The monoisotopic (exact) mass is 414 g/mol. The molecule has 1 aromatic heterocycles. The van der Waals surface area contributed by atoms with Gasteiger partial charge in [-0.1, -0.05) is 54.1 Å². The molecule has 0 aliphatic heterocycles. The zero-order valence-corrected chi connectivity index (χ0v) is 17.0. The van der Waals surface area contributed by atoms with Gasteiger partial charge in [0.2, 0.25) is 0 Å². The predicted molar refractivity (Wildman–Crippen MR) is 110 cm³/mol. The number of rotatable bonds is 6. The molecule has 0 bridgehead atoms. The van der Waals surface area contributed by atoms with Crippen LogP contribution < -0.4 is 0 Å². The van der Waals surface area contributed by atoms with Crippen LogP contribution in [0.25, 0.3) is 10.6 Å². The Morgan fingerprint density at radius 2 is 1.93 bits per heavy atom. The maximum Gasteiger partial charge on any atom is 0.358 e. The fourth-order valence-corrected chi connectivity index (χ4v) is 3.57. The topological polar surface area (TPSA) is 59.5 Å². The van der Waals surface area contributed by atoms with Crippen LogP contribution in [0, 0.1) is 0 Å². The van der Waals surface area contributed by atoms with Crippen LogP contribution in [0.3, 0.4) is 0 Å². The largest absolute Gasteiger partial charge is 0.451 e. The van der Waals surface area contributed by atoms with Crippen molar-refractivity contribution in [2.24, 2.45) is 0 Å². The molecule has 28 heavy (non-hydrogen) atoms. The van der Waals surface area contributed by atoms with Crippen molar-refractivity contribution in [1.82, 2.24) is 9.88 Å². The predicted octanol–water partition coefficient (Wildman–Crippen LogP) is 4.84. The molecule has 3 rings (SSSR count). The van der Waals surface area contributed by atoms with Gasteiger partial charge in [0.25, 0.3) is 5.91 Å². The van der Waals surface area contributed by atoms with Crippen LogP contribution >= 0.6 is 22.9 Å². The Labute approximate surface area is 172 Å². The van der Waals surface area contributed by atoms with Gasteiger partial charge in [-0.2, -0.15) is 0 Å². The van der Waals surface area contributed by atoms with Crippen LogP contribution in [-0.2, 0) is 9.53 Å². The molecule has 1 atom stereocenters. The first-order valence-corrected chi connectivity index (χ1v) is 9.90. The third kappa shape index (κ3) is 4.77. The number of ether oxygens (including phenoxy) is 1. The number of halogens is 1. The summed E-state index contributed by atoms with van der Waals surface area (Å²) >= 11 is 7.31. The lowest BCUT2D eigenvalue weighted by molar-refractivity contribution is -0.135. The van der Waals surface area contributed by atoms with E-state index < -0.39 is 5.97 Å². The maximum atomic E-state index is 12.4. The molecule has 0 radical (unpaired) electrons. The highest BCUT2D eigenvalue weighted by molar-refractivity contribution is 7.13. The number of carbonyl (C=O) groups is 2. The van der Waals surface area contributed by atoms with Crippen molar-refractivity contribution in [3.63, 3.8) is 0 Å². The van der Waals surface area contributed by atoms with Crippen molar-refractivity contribution >= 4 is 34.8 Å². The molecule has 2 aromatic carbocycles. The summed E-state index contributed by atoms with van der Waals surface area (Å²) in [5, 5.41) is 2.87. The summed E-state index contributed by atoms with van der Waals surface area (Å²) in [6.07, 6.45) is 0. The summed E-state index contributed by atoms with van der Waals surface area (Å²) in [4.78, 5) is 30.5. The standard InChI is InChI=1S/C21H19ClN2O3S/c1-14(15-7-4-3-5-8-15)24(2)19(25)12-27-21(26)18-13-28-20(23-18)16-9-6-10-17(22)11-16/h3-11,13-14H,12H2,1-2H3/t14-/m1/s1. The molecule has 0 unspecified atom stereocenters. The average Bonchev–Trinajstić information content (AvgIpc) is 3.21. The van der Waals surface area contributed by atoms with Crippen LogP contribution in [0.5, 0.6) is 0 Å². The molecule has 0 saturated heterocycles. The maximum absolute atomic E-state index is 12.4. The number of esters is 1. The first-order valence-electron chi connectivity index (χ1n) is 8.65. The smallest absolute Gasteiger partial charge is 0.358 e. The van der Waals surface area contributed by atoms with Crippen LogP contribution in [0.15, 0.2) is 60.0 Å². The minimum absolute atomic E-state index is 0.124. The number of amides is 1. The fraction of sp³-hybridized carbons (Fsp3) is 0.190. The van der Waals surface area contributed by atoms with E-state index in [2.05, 4.69) is 4.98 Å². The fourth-order valence-electron chi connectivity index (χ4n) is 2.60. The number of nitrogens with zero attached hydrogens (tertiary/aromatic N) is 2. The first-order chi connectivity index (χ1) is 13.5. The third-order valence-electron chi connectivity index (χ3n) is 4.37. The van der Waals surface area contributed by atoms with Crippen LogP contribution in [-0.4, -0.2) is 35.4 Å². The van der Waals surface area contributed by atoms with Gasteiger partial charge in [-0.25, -0.2) is 9.78 Å². The van der Waals surface area contributed by atoms with Crippen molar-refractivity contribution in [2.75, 3.05) is 13.7 Å². The zero-order valence-electron chi connectivity index (χ0n) is 15.5. The molecule has 0 fully saturated rings. The van der Waals surface area contributed by atoms with Gasteiger partial charge in [-0.3, -0.25) is 4.79 Å². The Bertz CT molecular complexity index is 975. The Hall–Kier alpha value is -2.70. The molecular weight excluding hydrogens is 396 g/mol. The van der Waals surface area contributed by atoms with Crippen molar-refractivity contribution in [1.29, 1.82) is 0 Å². The summed E-state index contributed by atoms with van der Waals surface area (Å²) in [6.45, 7) is 1.59. The van der Waals surface area contributed by atoms with Crippen LogP contribution in [0.1, 0.15) is 29.0 Å². The van der Waals surface area contributed by atoms with Gasteiger partial charge in [-0.15, -0.1) is 11.3 Å². The Balaban J connectivity index is 1.59. The molecular formula is C21H19ClN2O3S. The van der Waals surface area contributed by atoms with E-state index in [4.69, 9.17) is 16.3 Å². The highest BCUT2D eigenvalue weighted by Crippen LogP contribution is 2.26. The molecule has 0 saturated carbocycles. The normalized spacial score (nSPS) is 11.7. The highest BCUT2D eigenvalue weighted by atomic mass is 35.5. The van der Waals surface area contributed by atoms with E-state index >= 15 is 0 Å². The molecule has 1 heterocycles. The molecule has 0 N–H and O–H groups in total. The number of thiazole rings is 1. The molecule has 3 aromatic rings. The molecule has 7 heteroatoms. The van der Waals surface area contributed by atoms with E-state index in [1.165, 1.54) is 11.3 Å². The lowest BCUT2D eigenvalue weighted by Crippen LogP contribution is -2.33. The molecule has 5 nitrogen and oxygen atoms in total.